The van der Waals surface area contributed by atoms with Crippen LogP contribution >= 0.6 is 11.8 Å². The minimum atomic E-state index is -0.438. The van der Waals surface area contributed by atoms with E-state index in [2.05, 4.69) is 20.4 Å². The number of ether oxygens (including phenoxy) is 1. The van der Waals surface area contributed by atoms with Crippen LogP contribution in [-0.4, -0.2) is 35.8 Å². The van der Waals surface area contributed by atoms with Gasteiger partial charge in [0.1, 0.15) is 0 Å². The molecule has 0 fully saturated rings. The Kier molecular flexibility index (Phi) is 6.44. The summed E-state index contributed by atoms with van der Waals surface area (Å²) in [7, 11) is 1.31. The Morgan fingerprint density at radius 3 is 2.57 bits per heavy atom. The Morgan fingerprint density at radius 2 is 1.89 bits per heavy atom. The average molecular weight is 397 g/mol. The SMILES string of the molecule is COC(=O)c1ccc(NC(=O)CSC2=NC(c3ccccc3)CC(=O)N2)cc1. The summed E-state index contributed by atoms with van der Waals surface area (Å²) in [5, 5.41) is 5.88. The molecular weight excluding hydrogens is 378 g/mol. The molecule has 2 aromatic carbocycles. The lowest BCUT2D eigenvalue weighted by molar-refractivity contribution is -0.120. The van der Waals surface area contributed by atoms with Gasteiger partial charge in [-0.3, -0.25) is 14.6 Å². The van der Waals surface area contributed by atoms with Gasteiger partial charge in [-0.25, -0.2) is 4.79 Å². The number of nitrogens with one attached hydrogen (secondary N) is 2. The molecule has 2 amide bonds. The van der Waals surface area contributed by atoms with Crippen LogP contribution in [0.15, 0.2) is 59.6 Å². The molecule has 0 saturated heterocycles. The van der Waals surface area contributed by atoms with E-state index in [1.165, 1.54) is 18.9 Å². The molecule has 3 rings (SSSR count). The highest BCUT2D eigenvalue weighted by Gasteiger charge is 2.23. The number of amides is 2. The number of aliphatic imine (C=N–C) groups is 1. The highest BCUT2D eigenvalue weighted by Crippen LogP contribution is 2.25. The van der Waals surface area contributed by atoms with Crippen molar-refractivity contribution < 1.29 is 19.1 Å². The molecule has 8 heteroatoms. The van der Waals surface area contributed by atoms with E-state index in [4.69, 9.17) is 0 Å². The topological polar surface area (TPSA) is 96.9 Å². The molecule has 0 saturated carbocycles. The molecule has 0 radical (unpaired) electrons. The maximum atomic E-state index is 12.2. The molecule has 1 aliphatic rings. The Morgan fingerprint density at radius 1 is 1.18 bits per heavy atom. The number of amidine groups is 1. The predicted molar refractivity (Wildman–Crippen MR) is 108 cm³/mol. The number of esters is 1. The normalized spacial score (nSPS) is 16.0. The number of hydrogen-bond acceptors (Lipinski definition) is 6. The van der Waals surface area contributed by atoms with Crippen LogP contribution in [0.2, 0.25) is 0 Å². The van der Waals surface area contributed by atoms with Crippen LogP contribution in [0.25, 0.3) is 0 Å². The van der Waals surface area contributed by atoms with Crippen LogP contribution in [0.1, 0.15) is 28.4 Å². The van der Waals surface area contributed by atoms with Crippen molar-refractivity contribution in [2.24, 2.45) is 4.99 Å². The maximum absolute atomic E-state index is 12.2. The van der Waals surface area contributed by atoms with Crippen LogP contribution in [0, 0.1) is 0 Å². The van der Waals surface area contributed by atoms with Gasteiger partial charge >= 0.3 is 5.97 Å². The number of carbonyl (C=O) groups is 3. The second-order valence-electron chi connectivity index (χ2n) is 6.02. The van der Waals surface area contributed by atoms with Gasteiger partial charge in [-0.2, -0.15) is 0 Å². The van der Waals surface area contributed by atoms with Crippen LogP contribution in [0.4, 0.5) is 5.69 Å². The third-order valence-corrected chi connectivity index (χ3v) is 4.90. The standard InChI is InChI=1S/C20H19N3O4S/c1-27-19(26)14-7-9-15(10-8-14)21-18(25)12-28-20-22-16(11-17(24)23-20)13-5-3-2-4-6-13/h2-10,16H,11-12H2,1H3,(H,21,25)(H,22,23,24). The molecule has 2 N–H and O–H groups in total. The lowest BCUT2D eigenvalue weighted by Crippen LogP contribution is -2.35. The number of benzene rings is 2. The van der Waals surface area contributed by atoms with Gasteiger partial charge in [0.15, 0.2) is 5.17 Å². The third kappa shape index (κ3) is 5.20. The molecule has 1 heterocycles. The van der Waals surface area contributed by atoms with Crippen molar-refractivity contribution in [1.29, 1.82) is 0 Å². The van der Waals surface area contributed by atoms with Gasteiger partial charge in [0.25, 0.3) is 0 Å². The van der Waals surface area contributed by atoms with Crippen LogP contribution in [0.3, 0.4) is 0 Å². The number of thioether (sulfide) groups is 1. The average Bonchev–Trinajstić information content (AvgIpc) is 2.72. The Labute approximate surface area is 166 Å². The molecule has 0 bridgehead atoms. The number of anilines is 1. The lowest BCUT2D eigenvalue weighted by atomic mass is 10.0. The lowest BCUT2D eigenvalue weighted by Gasteiger charge is -2.20. The van der Waals surface area contributed by atoms with Gasteiger partial charge in [0, 0.05) is 5.69 Å². The number of hydrogen-bond donors (Lipinski definition) is 2. The summed E-state index contributed by atoms with van der Waals surface area (Å²) in [6, 6.07) is 15.7. The Bertz CT molecular complexity index is 897. The highest BCUT2D eigenvalue weighted by atomic mass is 32.2. The van der Waals surface area contributed by atoms with Crippen molar-refractivity contribution in [3.05, 3.63) is 65.7 Å². The molecule has 7 nitrogen and oxygen atoms in total. The summed E-state index contributed by atoms with van der Waals surface area (Å²) in [6.07, 6.45) is 0.285. The molecule has 144 valence electrons. The van der Waals surface area contributed by atoms with Gasteiger partial charge < -0.3 is 15.4 Å². The van der Waals surface area contributed by atoms with Crippen LogP contribution < -0.4 is 10.6 Å². The van der Waals surface area contributed by atoms with Crippen molar-refractivity contribution in [1.82, 2.24) is 5.32 Å². The fourth-order valence-corrected chi connectivity index (χ4v) is 3.37. The van der Waals surface area contributed by atoms with Gasteiger partial charge in [0.05, 0.1) is 30.9 Å². The van der Waals surface area contributed by atoms with Gasteiger partial charge in [-0.1, -0.05) is 42.1 Å². The number of carbonyl (C=O) groups excluding carboxylic acids is 3. The van der Waals surface area contributed by atoms with E-state index in [0.29, 0.717) is 16.4 Å². The fourth-order valence-electron chi connectivity index (χ4n) is 2.64. The minimum absolute atomic E-state index is 0.0966. The summed E-state index contributed by atoms with van der Waals surface area (Å²) < 4.78 is 4.63. The molecule has 0 aliphatic carbocycles. The van der Waals surface area contributed by atoms with Crippen molar-refractivity contribution in [3.63, 3.8) is 0 Å². The zero-order valence-electron chi connectivity index (χ0n) is 15.2. The van der Waals surface area contributed by atoms with Crippen molar-refractivity contribution in [2.45, 2.75) is 12.5 Å². The van der Waals surface area contributed by atoms with Crippen LogP contribution in [0.5, 0.6) is 0 Å². The van der Waals surface area contributed by atoms with Crippen molar-refractivity contribution in [3.8, 4) is 0 Å². The van der Waals surface area contributed by atoms with E-state index in [0.717, 1.165) is 5.56 Å². The molecule has 1 atom stereocenters. The third-order valence-electron chi connectivity index (χ3n) is 4.01. The molecular formula is C20H19N3O4S. The zero-order chi connectivity index (χ0) is 19.9. The Hall–Kier alpha value is -3.13. The van der Waals surface area contributed by atoms with Gasteiger partial charge in [-0.05, 0) is 29.8 Å². The molecule has 2 aromatic rings. The van der Waals surface area contributed by atoms with E-state index in [-0.39, 0.29) is 30.0 Å². The second kappa shape index (κ2) is 9.18. The number of nitrogens with zero attached hydrogens (tertiary/aromatic N) is 1. The van der Waals surface area contributed by atoms with E-state index in [1.807, 2.05) is 30.3 Å². The first-order chi connectivity index (χ1) is 13.5. The van der Waals surface area contributed by atoms with E-state index in [1.54, 1.807) is 24.3 Å². The quantitative estimate of drug-likeness (QED) is 0.756. The first-order valence-electron chi connectivity index (χ1n) is 8.59. The second-order valence-corrected chi connectivity index (χ2v) is 6.98. The molecule has 0 spiro atoms. The summed E-state index contributed by atoms with van der Waals surface area (Å²) in [4.78, 5) is 40.1. The maximum Gasteiger partial charge on any atom is 0.337 e. The molecule has 28 heavy (non-hydrogen) atoms. The van der Waals surface area contributed by atoms with Crippen molar-refractivity contribution >= 4 is 40.4 Å². The summed E-state index contributed by atoms with van der Waals surface area (Å²) in [6.45, 7) is 0. The minimum Gasteiger partial charge on any atom is -0.465 e. The smallest absolute Gasteiger partial charge is 0.337 e. The zero-order valence-corrected chi connectivity index (χ0v) is 16.0. The first-order valence-corrected chi connectivity index (χ1v) is 9.57. The Balaban J connectivity index is 1.57. The fraction of sp³-hybridized carbons (Fsp3) is 0.200. The largest absolute Gasteiger partial charge is 0.465 e. The molecule has 0 aromatic heterocycles. The monoisotopic (exact) mass is 397 g/mol. The van der Waals surface area contributed by atoms with Crippen LogP contribution in [-0.2, 0) is 14.3 Å². The predicted octanol–water partition coefficient (Wildman–Crippen LogP) is 2.76. The van der Waals surface area contributed by atoms with Crippen molar-refractivity contribution in [2.75, 3.05) is 18.2 Å². The van der Waals surface area contributed by atoms with E-state index >= 15 is 0 Å². The molecule has 1 aliphatic heterocycles. The van der Waals surface area contributed by atoms with E-state index < -0.39 is 5.97 Å². The summed E-state index contributed by atoms with van der Waals surface area (Å²) in [5.74, 6) is -0.702. The summed E-state index contributed by atoms with van der Waals surface area (Å²) >= 11 is 1.17. The molecule has 1 unspecified atom stereocenters. The van der Waals surface area contributed by atoms with E-state index in [9.17, 15) is 14.4 Å². The highest BCUT2D eigenvalue weighted by molar-refractivity contribution is 8.14. The first kappa shape index (κ1) is 19.6. The summed E-state index contributed by atoms with van der Waals surface area (Å²) in [5.41, 5.74) is 1.93. The van der Waals surface area contributed by atoms with Gasteiger partial charge in [-0.15, -0.1) is 0 Å². The number of rotatable bonds is 5. The van der Waals surface area contributed by atoms with Gasteiger partial charge in [0.2, 0.25) is 11.8 Å². The number of methoxy groups -OCH3 is 1.